The second-order valence-electron chi connectivity index (χ2n) is 6.39. The molecule has 0 saturated heterocycles. The Morgan fingerprint density at radius 2 is 1.96 bits per heavy atom. The molecule has 0 bridgehead atoms. The molecule has 1 aromatic heterocycles. The van der Waals surface area contributed by atoms with Gasteiger partial charge in [0, 0.05) is 17.5 Å². The van der Waals surface area contributed by atoms with Crippen LogP contribution in [0.1, 0.15) is 49.3 Å². The van der Waals surface area contributed by atoms with Gasteiger partial charge in [0.05, 0.1) is 12.7 Å². The van der Waals surface area contributed by atoms with Crippen LogP contribution in [0.25, 0.3) is 11.0 Å². The van der Waals surface area contributed by atoms with E-state index >= 15 is 0 Å². The van der Waals surface area contributed by atoms with Crippen molar-refractivity contribution in [3.05, 3.63) is 35.1 Å². The highest BCUT2D eigenvalue weighted by Crippen LogP contribution is 2.26. The van der Waals surface area contributed by atoms with Crippen molar-refractivity contribution < 1.29 is 18.7 Å². The minimum absolute atomic E-state index is 0.0965. The van der Waals surface area contributed by atoms with Gasteiger partial charge in [0.1, 0.15) is 5.58 Å². The maximum atomic E-state index is 12.0. The molecular weight excluding hydrogens is 318 g/mol. The van der Waals surface area contributed by atoms with Crippen molar-refractivity contribution in [3.8, 4) is 0 Å². The van der Waals surface area contributed by atoms with Crippen molar-refractivity contribution in [1.29, 1.82) is 0 Å². The first kappa shape index (κ1) is 19.0. The van der Waals surface area contributed by atoms with Gasteiger partial charge < -0.3 is 14.5 Å². The number of ether oxygens (including phenoxy) is 1. The van der Waals surface area contributed by atoms with Gasteiger partial charge in [-0.1, -0.05) is 38.3 Å². The van der Waals surface area contributed by atoms with Crippen LogP contribution in [0.4, 0.5) is 0 Å². The van der Waals surface area contributed by atoms with Gasteiger partial charge in [-0.15, -0.1) is 0 Å². The summed E-state index contributed by atoms with van der Waals surface area (Å²) in [6, 6.07) is 3.96. The molecule has 0 aliphatic heterocycles. The Hall–Kier alpha value is -2.30. The van der Waals surface area contributed by atoms with Crippen LogP contribution in [0.3, 0.4) is 0 Å². The molecule has 5 nitrogen and oxygen atoms in total. The van der Waals surface area contributed by atoms with E-state index in [4.69, 9.17) is 9.15 Å². The Balaban J connectivity index is 1.79. The monoisotopic (exact) mass is 345 g/mol. The Kier molecular flexibility index (Phi) is 7.04. The van der Waals surface area contributed by atoms with Gasteiger partial charge in [0.25, 0.3) is 5.91 Å². The summed E-state index contributed by atoms with van der Waals surface area (Å²) in [5.41, 5.74) is 3.79. The summed E-state index contributed by atoms with van der Waals surface area (Å²) >= 11 is 0. The molecule has 0 spiro atoms. The maximum absolute atomic E-state index is 12.0. The van der Waals surface area contributed by atoms with Crippen LogP contribution in [0, 0.1) is 13.8 Å². The molecule has 1 heterocycles. The highest BCUT2D eigenvalue weighted by molar-refractivity contribution is 5.89. The average molecular weight is 345 g/mol. The van der Waals surface area contributed by atoms with E-state index in [0.717, 1.165) is 46.9 Å². The third-order valence-electron chi connectivity index (χ3n) is 4.39. The molecule has 1 aromatic carbocycles. The zero-order valence-electron chi connectivity index (χ0n) is 15.3. The fraction of sp³-hybridized carbons (Fsp3) is 0.500. The van der Waals surface area contributed by atoms with E-state index in [0.29, 0.717) is 6.54 Å². The van der Waals surface area contributed by atoms with Crippen LogP contribution in [0.2, 0.25) is 0 Å². The number of hydrogen-bond acceptors (Lipinski definition) is 4. The second-order valence-corrected chi connectivity index (χ2v) is 6.39. The largest absolute Gasteiger partial charge is 0.464 e. The Bertz CT molecular complexity index is 733. The molecule has 1 N–H and O–H groups in total. The number of furan rings is 1. The molecule has 5 heteroatoms. The first-order valence-corrected chi connectivity index (χ1v) is 8.91. The fourth-order valence-corrected chi connectivity index (χ4v) is 2.71. The van der Waals surface area contributed by atoms with Crippen molar-refractivity contribution in [2.45, 2.75) is 52.9 Å². The molecule has 0 unspecified atom stereocenters. The van der Waals surface area contributed by atoms with Crippen LogP contribution in [0.5, 0.6) is 0 Å². The van der Waals surface area contributed by atoms with E-state index in [1.807, 2.05) is 26.0 Å². The molecule has 25 heavy (non-hydrogen) atoms. The summed E-state index contributed by atoms with van der Waals surface area (Å²) in [6.45, 7) is 6.55. The van der Waals surface area contributed by atoms with E-state index in [-0.39, 0.29) is 18.9 Å². The first-order chi connectivity index (χ1) is 12.0. The third-order valence-corrected chi connectivity index (χ3v) is 4.39. The van der Waals surface area contributed by atoms with Crippen LogP contribution >= 0.6 is 0 Å². The minimum Gasteiger partial charge on any atom is -0.464 e. The number of aryl methyl sites for hydroxylation is 2. The highest BCUT2D eigenvalue weighted by atomic mass is 16.5. The number of esters is 1. The van der Waals surface area contributed by atoms with Crippen molar-refractivity contribution in [2.24, 2.45) is 0 Å². The predicted octanol–water partition coefficient (Wildman–Crippen LogP) is 3.83. The average Bonchev–Trinajstić information content (AvgIpc) is 2.99. The topological polar surface area (TPSA) is 68.5 Å². The first-order valence-electron chi connectivity index (χ1n) is 8.91. The number of carbonyl (C=O) groups excluding carboxylic acids is 2. The SMILES string of the molecule is CCCCCCNC(=O)COC(=O)Cc1coc2c(C)c(C)ccc12. The predicted molar refractivity (Wildman–Crippen MR) is 97.5 cm³/mol. The van der Waals surface area contributed by atoms with Crippen LogP contribution in [0.15, 0.2) is 22.8 Å². The smallest absolute Gasteiger partial charge is 0.310 e. The molecule has 0 aliphatic carbocycles. The Labute approximate surface area is 148 Å². The van der Waals surface area contributed by atoms with Crippen molar-refractivity contribution in [1.82, 2.24) is 5.32 Å². The molecule has 136 valence electrons. The second kappa shape index (κ2) is 9.25. The fourth-order valence-electron chi connectivity index (χ4n) is 2.71. The van der Waals surface area contributed by atoms with E-state index in [9.17, 15) is 9.59 Å². The van der Waals surface area contributed by atoms with Gasteiger partial charge in [-0.25, -0.2) is 0 Å². The highest BCUT2D eigenvalue weighted by Gasteiger charge is 2.14. The normalized spacial score (nSPS) is 10.8. The number of benzene rings is 1. The lowest BCUT2D eigenvalue weighted by molar-refractivity contribution is -0.147. The van der Waals surface area contributed by atoms with Gasteiger partial charge in [-0.05, 0) is 31.4 Å². The summed E-state index contributed by atoms with van der Waals surface area (Å²) in [4.78, 5) is 23.7. The maximum Gasteiger partial charge on any atom is 0.310 e. The van der Waals surface area contributed by atoms with Crippen molar-refractivity contribution in [3.63, 3.8) is 0 Å². The van der Waals surface area contributed by atoms with E-state index < -0.39 is 5.97 Å². The van der Waals surface area contributed by atoms with Crippen LogP contribution in [-0.2, 0) is 20.7 Å². The number of amides is 1. The van der Waals surface area contributed by atoms with E-state index in [1.54, 1.807) is 6.26 Å². The number of nitrogens with one attached hydrogen (secondary N) is 1. The molecule has 0 aliphatic rings. The summed E-state index contributed by atoms with van der Waals surface area (Å²) in [5, 5.41) is 3.68. The molecule has 2 rings (SSSR count). The van der Waals surface area contributed by atoms with Crippen molar-refractivity contribution >= 4 is 22.8 Å². The van der Waals surface area contributed by atoms with Gasteiger partial charge in [-0.2, -0.15) is 0 Å². The number of fused-ring (bicyclic) bond motifs is 1. The summed E-state index contributed by atoms with van der Waals surface area (Å²) in [6.07, 6.45) is 6.07. The van der Waals surface area contributed by atoms with Crippen LogP contribution in [-0.4, -0.2) is 25.0 Å². The number of carbonyl (C=O) groups is 2. The lowest BCUT2D eigenvalue weighted by atomic mass is 10.0. The van der Waals surface area contributed by atoms with Gasteiger partial charge in [0.2, 0.25) is 0 Å². The molecule has 0 saturated carbocycles. The lowest BCUT2D eigenvalue weighted by Crippen LogP contribution is -2.29. The molecule has 0 fully saturated rings. The summed E-state index contributed by atoms with van der Waals surface area (Å²) < 4.78 is 10.7. The molecule has 0 radical (unpaired) electrons. The van der Waals surface area contributed by atoms with Crippen LogP contribution < -0.4 is 5.32 Å². The molecule has 2 aromatic rings. The number of rotatable bonds is 9. The summed E-state index contributed by atoms with van der Waals surface area (Å²) in [5.74, 6) is -0.685. The van der Waals surface area contributed by atoms with Gasteiger partial charge in [0.15, 0.2) is 6.61 Å². The Morgan fingerprint density at radius 1 is 1.16 bits per heavy atom. The summed E-state index contributed by atoms with van der Waals surface area (Å²) in [7, 11) is 0. The zero-order chi connectivity index (χ0) is 18.2. The minimum atomic E-state index is -0.429. The molecule has 1 amide bonds. The van der Waals surface area contributed by atoms with E-state index in [2.05, 4.69) is 12.2 Å². The Morgan fingerprint density at radius 3 is 2.72 bits per heavy atom. The van der Waals surface area contributed by atoms with E-state index in [1.165, 1.54) is 6.42 Å². The third kappa shape index (κ3) is 5.34. The number of hydrogen-bond donors (Lipinski definition) is 1. The lowest BCUT2D eigenvalue weighted by Gasteiger charge is -2.06. The zero-order valence-corrected chi connectivity index (χ0v) is 15.3. The number of unbranched alkanes of at least 4 members (excludes halogenated alkanes) is 3. The molecule has 0 atom stereocenters. The molecular formula is C20H27NO4. The van der Waals surface area contributed by atoms with Gasteiger partial charge in [-0.3, -0.25) is 9.59 Å². The quantitative estimate of drug-likeness (QED) is 0.554. The van der Waals surface area contributed by atoms with Crippen molar-refractivity contribution in [2.75, 3.05) is 13.2 Å². The standard InChI is InChI=1S/C20H27NO4/c1-4-5-6-7-10-21-18(22)13-24-19(23)11-16-12-25-20-15(3)14(2)8-9-17(16)20/h8-9,12H,4-7,10-11,13H2,1-3H3,(H,21,22). The van der Waals surface area contributed by atoms with Gasteiger partial charge >= 0.3 is 5.97 Å².